The summed E-state index contributed by atoms with van der Waals surface area (Å²) in [5, 5.41) is 5.94. The topological polar surface area (TPSA) is 89.8 Å². The first kappa shape index (κ1) is 18.0. The summed E-state index contributed by atoms with van der Waals surface area (Å²) in [6.45, 7) is 0. The van der Waals surface area contributed by atoms with Gasteiger partial charge in [-0.05, 0) is 47.3 Å². The maximum Gasteiger partial charge on any atom is 0.269 e. The van der Waals surface area contributed by atoms with Gasteiger partial charge in [0, 0.05) is 11.6 Å². The molecular formula is C19H12ClN5O2S2. The average Bonchev–Trinajstić information content (AvgIpc) is 3.35. The van der Waals surface area contributed by atoms with Crippen molar-refractivity contribution in [3.05, 3.63) is 71.6 Å². The second-order valence-electron chi connectivity index (χ2n) is 6.17. The third-order valence-electron chi connectivity index (χ3n) is 4.33. The molecule has 0 atom stereocenters. The van der Waals surface area contributed by atoms with Gasteiger partial charge in [0.2, 0.25) is 5.28 Å². The second-order valence-corrected chi connectivity index (χ2v) is 9.24. The number of nitrogens with one attached hydrogen (secondary N) is 1. The van der Waals surface area contributed by atoms with E-state index in [0.29, 0.717) is 22.5 Å². The number of halogens is 1. The molecule has 0 radical (unpaired) electrons. The number of pyridine rings is 1. The van der Waals surface area contributed by atoms with E-state index in [1.165, 1.54) is 21.5 Å². The molecule has 144 valence electrons. The highest BCUT2D eigenvalue weighted by Gasteiger charge is 2.19. The minimum atomic E-state index is -3.72. The zero-order valence-electron chi connectivity index (χ0n) is 14.7. The predicted octanol–water partition coefficient (Wildman–Crippen LogP) is 4.68. The monoisotopic (exact) mass is 441 g/mol. The maximum absolute atomic E-state index is 12.9. The van der Waals surface area contributed by atoms with Gasteiger partial charge in [0.05, 0.1) is 27.0 Å². The molecule has 1 aromatic carbocycles. The quantitative estimate of drug-likeness (QED) is 0.407. The Morgan fingerprint density at radius 3 is 2.72 bits per heavy atom. The molecule has 0 amide bonds. The van der Waals surface area contributed by atoms with Crippen LogP contribution in [0.5, 0.6) is 0 Å². The molecule has 0 unspecified atom stereocenters. The van der Waals surface area contributed by atoms with Crippen LogP contribution in [-0.4, -0.2) is 27.3 Å². The van der Waals surface area contributed by atoms with Crippen LogP contribution < -0.4 is 5.32 Å². The number of thiophene rings is 1. The third kappa shape index (κ3) is 3.13. The molecule has 0 aliphatic heterocycles. The molecule has 0 aliphatic carbocycles. The molecule has 4 heterocycles. The molecule has 1 N–H and O–H groups in total. The molecule has 5 rings (SSSR count). The zero-order valence-corrected chi connectivity index (χ0v) is 17.0. The van der Waals surface area contributed by atoms with Crippen LogP contribution in [0.15, 0.2) is 71.2 Å². The number of benzene rings is 1. The van der Waals surface area contributed by atoms with Crippen molar-refractivity contribution in [3.8, 4) is 0 Å². The Morgan fingerprint density at radius 2 is 1.90 bits per heavy atom. The van der Waals surface area contributed by atoms with Gasteiger partial charge in [-0.2, -0.15) is 4.98 Å². The van der Waals surface area contributed by atoms with E-state index in [2.05, 4.69) is 20.3 Å². The van der Waals surface area contributed by atoms with Crippen molar-refractivity contribution in [2.24, 2.45) is 0 Å². The van der Waals surface area contributed by atoms with Crippen molar-refractivity contribution < 1.29 is 8.42 Å². The summed E-state index contributed by atoms with van der Waals surface area (Å²) >= 11 is 7.51. The molecule has 0 saturated heterocycles. The second kappa shape index (κ2) is 6.80. The van der Waals surface area contributed by atoms with E-state index < -0.39 is 10.0 Å². The first-order valence-electron chi connectivity index (χ1n) is 8.48. The smallest absolute Gasteiger partial charge is 0.269 e. The van der Waals surface area contributed by atoms with Gasteiger partial charge in [0.1, 0.15) is 0 Å². The highest BCUT2D eigenvalue weighted by Crippen LogP contribution is 2.30. The van der Waals surface area contributed by atoms with Crippen molar-refractivity contribution in [2.45, 2.75) is 4.90 Å². The van der Waals surface area contributed by atoms with Crippen LogP contribution in [0.1, 0.15) is 0 Å². The van der Waals surface area contributed by atoms with E-state index in [1.807, 2.05) is 17.5 Å². The van der Waals surface area contributed by atoms with Crippen LogP contribution in [0.25, 0.3) is 21.3 Å². The highest BCUT2D eigenvalue weighted by molar-refractivity contribution is 7.90. The lowest BCUT2D eigenvalue weighted by Crippen LogP contribution is -2.12. The average molecular weight is 442 g/mol. The fourth-order valence-electron chi connectivity index (χ4n) is 3.02. The molecular weight excluding hydrogens is 430 g/mol. The number of anilines is 2. The summed E-state index contributed by atoms with van der Waals surface area (Å²) in [5.41, 5.74) is 1.77. The molecule has 7 nitrogen and oxygen atoms in total. The Labute approximate surface area is 174 Å². The van der Waals surface area contributed by atoms with E-state index in [4.69, 9.17) is 11.6 Å². The Kier molecular flexibility index (Phi) is 4.23. The molecule has 29 heavy (non-hydrogen) atoms. The number of rotatable bonds is 4. The summed E-state index contributed by atoms with van der Waals surface area (Å²) < 4.78 is 27.9. The van der Waals surface area contributed by atoms with Crippen LogP contribution in [0.2, 0.25) is 5.28 Å². The summed E-state index contributed by atoms with van der Waals surface area (Å²) in [6.07, 6.45) is 3.07. The lowest BCUT2D eigenvalue weighted by Gasteiger charge is -2.09. The Morgan fingerprint density at radius 1 is 1.07 bits per heavy atom. The molecule has 5 aromatic rings. The van der Waals surface area contributed by atoms with Crippen molar-refractivity contribution in [1.29, 1.82) is 0 Å². The van der Waals surface area contributed by atoms with Crippen molar-refractivity contribution in [3.63, 3.8) is 0 Å². The van der Waals surface area contributed by atoms with E-state index >= 15 is 0 Å². The molecule has 4 aromatic heterocycles. The molecule has 0 saturated carbocycles. The predicted molar refractivity (Wildman–Crippen MR) is 114 cm³/mol. The van der Waals surface area contributed by atoms with Gasteiger partial charge in [-0.3, -0.25) is 0 Å². The van der Waals surface area contributed by atoms with Gasteiger partial charge in [0.25, 0.3) is 10.0 Å². The first-order chi connectivity index (χ1) is 14.0. The third-order valence-corrected chi connectivity index (χ3v) is 7.09. The SMILES string of the molecule is O=S(=O)(c1ccccc1)n1ccc2cc(Nc3nc(Cl)nc4ccsc34)cnc21. The van der Waals surface area contributed by atoms with Gasteiger partial charge >= 0.3 is 0 Å². The lowest BCUT2D eigenvalue weighted by atomic mass is 10.3. The summed E-state index contributed by atoms with van der Waals surface area (Å²) in [7, 11) is -3.72. The first-order valence-corrected chi connectivity index (χ1v) is 11.2. The molecule has 0 bridgehead atoms. The van der Waals surface area contributed by atoms with Gasteiger partial charge in [-0.15, -0.1) is 11.3 Å². The Hall–Kier alpha value is -3.01. The molecule has 10 heteroatoms. The minimum Gasteiger partial charge on any atom is -0.338 e. The highest BCUT2D eigenvalue weighted by atomic mass is 35.5. The minimum absolute atomic E-state index is 0.146. The Balaban J connectivity index is 1.55. The standard InChI is InChI=1S/C19H12ClN5O2S2/c20-19-23-15-7-9-28-16(15)17(24-19)22-13-10-12-6-8-25(18(12)21-11-13)29(26,27)14-4-2-1-3-5-14/h1-11H,(H,22,23,24). The zero-order chi connectivity index (χ0) is 20.0. The van der Waals surface area contributed by atoms with E-state index in [0.717, 1.165) is 10.2 Å². The molecule has 0 fully saturated rings. The van der Waals surface area contributed by atoms with Crippen LogP contribution in [0.3, 0.4) is 0 Å². The fraction of sp³-hybridized carbons (Fsp3) is 0. The van der Waals surface area contributed by atoms with Crippen molar-refractivity contribution in [2.75, 3.05) is 5.32 Å². The number of hydrogen-bond acceptors (Lipinski definition) is 7. The molecule has 0 spiro atoms. The summed E-state index contributed by atoms with van der Waals surface area (Å²) in [5.74, 6) is 0.576. The normalized spacial score (nSPS) is 11.9. The lowest BCUT2D eigenvalue weighted by molar-refractivity contribution is 0.589. The number of hydrogen-bond donors (Lipinski definition) is 1. The van der Waals surface area contributed by atoms with Crippen LogP contribution in [0, 0.1) is 0 Å². The summed E-state index contributed by atoms with van der Waals surface area (Å²) in [6, 6.07) is 13.7. The fourth-order valence-corrected chi connectivity index (χ4v) is 5.31. The maximum atomic E-state index is 12.9. The van der Waals surface area contributed by atoms with Gasteiger partial charge < -0.3 is 5.32 Å². The van der Waals surface area contributed by atoms with Crippen molar-refractivity contribution in [1.82, 2.24) is 18.9 Å². The van der Waals surface area contributed by atoms with Gasteiger partial charge in [-0.1, -0.05) is 18.2 Å². The van der Waals surface area contributed by atoms with Crippen LogP contribution in [0.4, 0.5) is 11.5 Å². The molecule has 0 aliphatic rings. The van der Waals surface area contributed by atoms with E-state index in [-0.39, 0.29) is 10.2 Å². The Bertz CT molecular complexity index is 1460. The number of nitrogens with zero attached hydrogens (tertiary/aromatic N) is 4. The van der Waals surface area contributed by atoms with Crippen LogP contribution in [-0.2, 0) is 10.0 Å². The van der Waals surface area contributed by atoms with Gasteiger partial charge in [0.15, 0.2) is 11.5 Å². The number of aromatic nitrogens is 4. The number of fused-ring (bicyclic) bond motifs is 2. The largest absolute Gasteiger partial charge is 0.338 e. The van der Waals surface area contributed by atoms with Gasteiger partial charge in [-0.25, -0.2) is 22.4 Å². The van der Waals surface area contributed by atoms with E-state index in [9.17, 15) is 8.42 Å². The van der Waals surface area contributed by atoms with E-state index in [1.54, 1.807) is 42.6 Å². The summed E-state index contributed by atoms with van der Waals surface area (Å²) in [4.78, 5) is 13.0. The van der Waals surface area contributed by atoms with Crippen LogP contribution >= 0.6 is 22.9 Å². The van der Waals surface area contributed by atoms with Crippen molar-refractivity contribution >= 4 is 65.7 Å².